The Bertz CT molecular complexity index is 523. The van der Waals surface area contributed by atoms with Crippen LogP contribution < -0.4 is 11.6 Å². The monoisotopic (exact) mass is 414 g/mol. The Balaban J connectivity index is 2.18. The number of aliphatic hydroxyl groups is 7. The highest BCUT2D eigenvalue weighted by molar-refractivity contribution is 5.79. The molecule has 11 N–H and O–H groups in total. The van der Waals surface area contributed by atoms with Crippen molar-refractivity contribution in [2.24, 2.45) is 11.6 Å². The Kier molecular flexibility index (Phi) is 8.03. The maximum atomic E-state index is 11.4. The van der Waals surface area contributed by atoms with E-state index in [0.29, 0.717) is 0 Å². The van der Waals surface area contributed by atoms with Gasteiger partial charge < -0.3 is 55.7 Å². The highest BCUT2D eigenvalue weighted by Crippen LogP contribution is 2.30. The Morgan fingerprint density at radius 3 is 2.00 bits per heavy atom. The van der Waals surface area contributed by atoms with Gasteiger partial charge >= 0.3 is 0 Å². The fourth-order valence-corrected chi connectivity index (χ4v) is 3.17. The SMILES string of the molecule is NOC(C(N)=O)[C@@H]1O[C@H](CO)[C@@H](O[C@@H]2O[C@H](CO)[C@H](O)[C@H](O)[C@H]2O)[C@H](O)[C@H]1O. The topological polar surface area (TPSA) is 248 Å². The lowest BCUT2D eigenvalue weighted by atomic mass is 9.91. The molecule has 2 saturated heterocycles. The number of amides is 1. The average Bonchev–Trinajstić information content (AvgIpc) is 2.67. The predicted octanol–water partition coefficient (Wildman–Crippen LogP) is -6.60. The van der Waals surface area contributed by atoms with E-state index in [0.717, 1.165) is 0 Å². The standard InChI is InChI=1S/C14H26N2O12/c15-13(24)12(28-16)11-8(22)7(21)10(4(2-18)25-11)27-14-9(23)6(20)5(19)3(1-17)26-14/h3-12,14,17-23H,1-2,16H2,(H2,15,24)/t3-,4-,5+,6+,7-,8-,9-,10-,11-,12?,14+/m1/s1. The first kappa shape index (κ1) is 23.3. The summed E-state index contributed by atoms with van der Waals surface area (Å²) in [5.74, 6) is 3.87. The summed E-state index contributed by atoms with van der Waals surface area (Å²) >= 11 is 0. The van der Waals surface area contributed by atoms with E-state index in [4.69, 9.17) is 25.8 Å². The molecule has 2 aliphatic heterocycles. The van der Waals surface area contributed by atoms with E-state index in [9.17, 15) is 40.5 Å². The molecule has 2 heterocycles. The summed E-state index contributed by atoms with van der Waals surface area (Å²) in [4.78, 5) is 15.8. The second-order valence-electron chi connectivity index (χ2n) is 6.56. The molecule has 2 rings (SSSR count). The summed E-state index contributed by atoms with van der Waals surface area (Å²) in [6, 6.07) is 0. The zero-order chi connectivity index (χ0) is 21.2. The van der Waals surface area contributed by atoms with Crippen molar-refractivity contribution < 1.29 is 59.6 Å². The van der Waals surface area contributed by atoms with Crippen molar-refractivity contribution in [3.63, 3.8) is 0 Å². The van der Waals surface area contributed by atoms with Gasteiger partial charge in [0.15, 0.2) is 12.4 Å². The summed E-state index contributed by atoms with van der Waals surface area (Å²) < 4.78 is 15.9. The summed E-state index contributed by atoms with van der Waals surface area (Å²) in [5.41, 5.74) is 5.10. The first-order chi connectivity index (χ1) is 13.2. The quantitative estimate of drug-likeness (QED) is 0.176. The van der Waals surface area contributed by atoms with Gasteiger partial charge in [-0.15, -0.1) is 0 Å². The minimum atomic E-state index is -1.81. The Morgan fingerprint density at radius 2 is 1.50 bits per heavy atom. The number of nitrogens with two attached hydrogens (primary N) is 2. The van der Waals surface area contributed by atoms with Crippen LogP contribution in [0.1, 0.15) is 0 Å². The van der Waals surface area contributed by atoms with Crippen LogP contribution in [0.15, 0.2) is 0 Å². The zero-order valence-electron chi connectivity index (χ0n) is 14.6. The molecule has 0 aromatic heterocycles. The fourth-order valence-electron chi connectivity index (χ4n) is 3.17. The van der Waals surface area contributed by atoms with E-state index in [1.165, 1.54) is 0 Å². The maximum Gasteiger partial charge on any atom is 0.251 e. The van der Waals surface area contributed by atoms with Crippen molar-refractivity contribution >= 4 is 5.91 Å². The molecule has 0 saturated carbocycles. The summed E-state index contributed by atoms with van der Waals surface area (Å²) in [6.45, 7) is -1.48. The van der Waals surface area contributed by atoms with Crippen LogP contribution in [-0.4, -0.2) is 122 Å². The number of ether oxygens (including phenoxy) is 3. The molecule has 14 nitrogen and oxygen atoms in total. The number of primary amides is 1. The third-order valence-electron chi connectivity index (χ3n) is 4.77. The second kappa shape index (κ2) is 9.66. The van der Waals surface area contributed by atoms with E-state index in [-0.39, 0.29) is 0 Å². The van der Waals surface area contributed by atoms with Gasteiger partial charge in [-0.25, -0.2) is 5.90 Å². The van der Waals surface area contributed by atoms with Crippen LogP contribution in [-0.2, 0) is 23.8 Å². The van der Waals surface area contributed by atoms with E-state index < -0.39 is 86.5 Å². The third-order valence-corrected chi connectivity index (χ3v) is 4.77. The number of aliphatic hydroxyl groups excluding tert-OH is 7. The molecule has 1 unspecified atom stereocenters. The van der Waals surface area contributed by atoms with Crippen LogP contribution in [0.3, 0.4) is 0 Å². The van der Waals surface area contributed by atoms with Gasteiger partial charge in [-0.05, 0) is 0 Å². The maximum absolute atomic E-state index is 11.4. The molecule has 2 fully saturated rings. The van der Waals surface area contributed by atoms with Gasteiger partial charge in [0, 0.05) is 0 Å². The van der Waals surface area contributed by atoms with E-state index in [1.54, 1.807) is 0 Å². The molecule has 0 bridgehead atoms. The van der Waals surface area contributed by atoms with Gasteiger partial charge in [0.25, 0.3) is 5.91 Å². The van der Waals surface area contributed by atoms with Gasteiger partial charge in [0.1, 0.15) is 54.9 Å². The second-order valence-corrected chi connectivity index (χ2v) is 6.56. The minimum absolute atomic E-state index is 0.712. The Hall–Kier alpha value is -1.01. The van der Waals surface area contributed by atoms with Gasteiger partial charge in [-0.2, -0.15) is 0 Å². The summed E-state index contributed by atoms with van der Waals surface area (Å²) in [5, 5.41) is 69.0. The van der Waals surface area contributed by atoms with Crippen molar-refractivity contribution in [1.29, 1.82) is 0 Å². The molecule has 0 spiro atoms. The Labute approximate surface area is 158 Å². The number of carbonyl (C=O) groups excluding carboxylic acids is 1. The van der Waals surface area contributed by atoms with Crippen LogP contribution in [0.4, 0.5) is 0 Å². The van der Waals surface area contributed by atoms with Crippen LogP contribution >= 0.6 is 0 Å². The van der Waals surface area contributed by atoms with Crippen molar-refractivity contribution in [1.82, 2.24) is 0 Å². The van der Waals surface area contributed by atoms with Crippen LogP contribution in [0.5, 0.6) is 0 Å². The molecule has 0 aliphatic carbocycles. The molecule has 0 aromatic carbocycles. The smallest absolute Gasteiger partial charge is 0.251 e. The average molecular weight is 414 g/mol. The van der Waals surface area contributed by atoms with E-state index in [1.807, 2.05) is 0 Å². The fraction of sp³-hybridized carbons (Fsp3) is 0.929. The molecule has 1 amide bonds. The molecule has 164 valence electrons. The zero-order valence-corrected chi connectivity index (χ0v) is 14.6. The largest absolute Gasteiger partial charge is 0.394 e. The molecule has 11 atom stereocenters. The number of rotatable bonds is 7. The minimum Gasteiger partial charge on any atom is -0.394 e. The lowest BCUT2D eigenvalue weighted by Crippen LogP contribution is -2.67. The summed E-state index contributed by atoms with van der Waals surface area (Å²) in [6.07, 6.45) is -17.7. The van der Waals surface area contributed by atoms with Gasteiger partial charge in [-0.1, -0.05) is 0 Å². The highest BCUT2D eigenvalue weighted by atomic mass is 16.7. The lowest BCUT2D eigenvalue weighted by Gasteiger charge is -2.46. The van der Waals surface area contributed by atoms with Gasteiger partial charge in [-0.3, -0.25) is 9.63 Å². The first-order valence-electron chi connectivity index (χ1n) is 8.41. The highest BCUT2D eigenvalue weighted by Gasteiger charge is 2.52. The molecule has 0 aromatic rings. The summed E-state index contributed by atoms with van der Waals surface area (Å²) in [7, 11) is 0. The molecule has 14 heteroatoms. The predicted molar refractivity (Wildman–Crippen MR) is 84.7 cm³/mol. The van der Waals surface area contributed by atoms with Crippen molar-refractivity contribution in [3.05, 3.63) is 0 Å². The number of hydrogen-bond donors (Lipinski definition) is 9. The van der Waals surface area contributed by atoms with Crippen molar-refractivity contribution in [3.8, 4) is 0 Å². The molecular weight excluding hydrogens is 388 g/mol. The normalized spacial score (nSPS) is 45.6. The van der Waals surface area contributed by atoms with E-state index in [2.05, 4.69) is 4.84 Å². The van der Waals surface area contributed by atoms with Crippen molar-refractivity contribution in [2.75, 3.05) is 13.2 Å². The van der Waals surface area contributed by atoms with Crippen LogP contribution in [0.2, 0.25) is 0 Å². The molecule has 28 heavy (non-hydrogen) atoms. The van der Waals surface area contributed by atoms with Crippen molar-refractivity contribution in [2.45, 2.75) is 67.3 Å². The lowest BCUT2D eigenvalue weighted by molar-refractivity contribution is -0.345. The molecule has 2 aliphatic rings. The van der Waals surface area contributed by atoms with E-state index >= 15 is 0 Å². The molecular formula is C14H26N2O12. The van der Waals surface area contributed by atoms with Gasteiger partial charge in [0.05, 0.1) is 13.2 Å². The Morgan fingerprint density at radius 1 is 0.893 bits per heavy atom. The number of carbonyl (C=O) groups is 1. The first-order valence-corrected chi connectivity index (χ1v) is 8.41. The third kappa shape index (κ3) is 4.43. The van der Waals surface area contributed by atoms with Gasteiger partial charge in [0.2, 0.25) is 0 Å². The van der Waals surface area contributed by atoms with Crippen LogP contribution in [0, 0.1) is 0 Å². The number of hydrogen-bond acceptors (Lipinski definition) is 13. The molecule has 0 radical (unpaired) electrons. The van der Waals surface area contributed by atoms with Crippen LogP contribution in [0.25, 0.3) is 0 Å².